The highest BCUT2D eigenvalue weighted by Gasteiger charge is 2.19. The van der Waals surface area contributed by atoms with Crippen LogP contribution >= 0.6 is 0 Å². The van der Waals surface area contributed by atoms with E-state index in [1.54, 1.807) is 6.92 Å². The van der Waals surface area contributed by atoms with Crippen LogP contribution in [-0.2, 0) is 4.74 Å². The molecule has 1 saturated heterocycles. The van der Waals surface area contributed by atoms with Crippen molar-refractivity contribution in [1.29, 1.82) is 0 Å². The Morgan fingerprint density at radius 1 is 1.67 bits per heavy atom. The van der Waals surface area contributed by atoms with Crippen LogP contribution in [0.4, 0.5) is 0 Å². The molecule has 4 nitrogen and oxygen atoms in total. The number of hydrogen-bond donors (Lipinski definition) is 2. The summed E-state index contributed by atoms with van der Waals surface area (Å²) < 4.78 is 5.27. The second-order valence-electron chi connectivity index (χ2n) is 3.28. The van der Waals surface area contributed by atoms with Gasteiger partial charge in [0.2, 0.25) is 0 Å². The summed E-state index contributed by atoms with van der Waals surface area (Å²) in [7, 11) is 0. The van der Waals surface area contributed by atoms with Crippen molar-refractivity contribution in [3.63, 3.8) is 0 Å². The third-order valence-corrected chi connectivity index (χ3v) is 1.95. The molecule has 0 aromatic carbocycles. The summed E-state index contributed by atoms with van der Waals surface area (Å²) in [5.74, 6) is 0. The van der Waals surface area contributed by atoms with Gasteiger partial charge in [0.15, 0.2) is 0 Å². The molecule has 1 rings (SSSR count). The van der Waals surface area contributed by atoms with E-state index in [-0.39, 0.29) is 18.8 Å². The second-order valence-corrected chi connectivity index (χ2v) is 3.28. The van der Waals surface area contributed by atoms with E-state index >= 15 is 0 Å². The summed E-state index contributed by atoms with van der Waals surface area (Å²) in [6.45, 7) is 4.72. The molecule has 12 heavy (non-hydrogen) atoms. The predicted octanol–water partition coefficient (Wildman–Crippen LogP) is -0.940. The van der Waals surface area contributed by atoms with Gasteiger partial charge in [0.1, 0.15) is 0 Å². The molecule has 2 N–H and O–H groups in total. The van der Waals surface area contributed by atoms with Crippen LogP contribution in [-0.4, -0.2) is 60.2 Å². The number of rotatable bonds is 3. The van der Waals surface area contributed by atoms with E-state index in [2.05, 4.69) is 4.90 Å². The Hall–Kier alpha value is -0.160. The molecule has 0 aliphatic carbocycles. The lowest BCUT2D eigenvalue weighted by Crippen LogP contribution is -2.46. The lowest BCUT2D eigenvalue weighted by Gasteiger charge is -2.32. The topological polar surface area (TPSA) is 52.9 Å². The van der Waals surface area contributed by atoms with Crippen molar-refractivity contribution in [3.05, 3.63) is 0 Å². The van der Waals surface area contributed by atoms with E-state index in [9.17, 15) is 0 Å². The zero-order valence-electron chi connectivity index (χ0n) is 7.44. The van der Waals surface area contributed by atoms with Crippen LogP contribution in [0, 0.1) is 0 Å². The second kappa shape index (κ2) is 4.77. The van der Waals surface area contributed by atoms with E-state index in [1.807, 2.05) is 0 Å². The lowest BCUT2D eigenvalue weighted by atomic mass is 10.2. The molecule has 1 fully saturated rings. The maximum absolute atomic E-state index is 9.12. The molecule has 4 heteroatoms. The third-order valence-electron chi connectivity index (χ3n) is 1.95. The summed E-state index contributed by atoms with van der Waals surface area (Å²) in [4.78, 5) is 2.11. The molecule has 0 bridgehead atoms. The minimum atomic E-state index is -0.303. The number of nitrogens with zero attached hydrogens (tertiary/aromatic N) is 1. The molecule has 0 spiro atoms. The van der Waals surface area contributed by atoms with Gasteiger partial charge in [0, 0.05) is 19.6 Å². The van der Waals surface area contributed by atoms with Gasteiger partial charge < -0.3 is 14.9 Å². The van der Waals surface area contributed by atoms with E-state index in [0.717, 1.165) is 13.1 Å². The lowest BCUT2D eigenvalue weighted by molar-refractivity contribution is -0.0603. The maximum atomic E-state index is 9.12. The number of hydrogen-bond acceptors (Lipinski definition) is 4. The van der Waals surface area contributed by atoms with Crippen molar-refractivity contribution in [2.24, 2.45) is 0 Å². The summed E-state index contributed by atoms with van der Waals surface area (Å²) in [5, 5.41) is 17.9. The number of β-amino-alcohol motifs (C(OH)–C–C–N with tert-alkyl or cyclic N) is 1. The largest absolute Gasteiger partial charge is 0.394 e. The molecule has 1 unspecified atom stereocenters. The Balaban J connectivity index is 2.25. The molecule has 0 radical (unpaired) electrons. The smallest absolute Gasteiger partial charge is 0.0932 e. The molecule has 0 aromatic rings. The Kier molecular flexibility index (Phi) is 3.94. The summed E-state index contributed by atoms with van der Waals surface area (Å²) in [6, 6.07) is 0. The molecule has 2 atom stereocenters. The molecule has 0 amide bonds. The van der Waals surface area contributed by atoms with Gasteiger partial charge in [-0.3, -0.25) is 4.90 Å². The standard InChI is InChI=1S/C8H17NO3/c1-7(11)4-9-2-3-12-8(5-9)6-10/h7-8,10-11H,2-6H2,1H3/t7-,8?/m1/s1. The highest BCUT2D eigenvalue weighted by molar-refractivity contribution is 4.71. The van der Waals surface area contributed by atoms with Crippen LogP contribution in [0.5, 0.6) is 0 Å². The van der Waals surface area contributed by atoms with Gasteiger partial charge in [0.25, 0.3) is 0 Å². The SMILES string of the molecule is C[C@@H](O)CN1CCOC(CO)C1. The van der Waals surface area contributed by atoms with Crippen LogP contribution in [0.3, 0.4) is 0 Å². The highest BCUT2D eigenvalue weighted by Crippen LogP contribution is 2.04. The van der Waals surface area contributed by atoms with Crippen molar-refractivity contribution in [1.82, 2.24) is 4.90 Å². The number of aliphatic hydroxyl groups excluding tert-OH is 2. The molecular weight excluding hydrogens is 158 g/mol. The number of morpholine rings is 1. The average molecular weight is 175 g/mol. The van der Waals surface area contributed by atoms with Gasteiger partial charge in [-0.1, -0.05) is 0 Å². The fraction of sp³-hybridized carbons (Fsp3) is 1.00. The molecule has 1 heterocycles. The minimum Gasteiger partial charge on any atom is -0.394 e. The maximum Gasteiger partial charge on any atom is 0.0932 e. The van der Waals surface area contributed by atoms with Crippen LogP contribution in [0.25, 0.3) is 0 Å². The first-order valence-electron chi connectivity index (χ1n) is 4.35. The van der Waals surface area contributed by atoms with Gasteiger partial charge in [-0.25, -0.2) is 0 Å². The van der Waals surface area contributed by atoms with Gasteiger partial charge in [0.05, 0.1) is 25.4 Å². The highest BCUT2D eigenvalue weighted by atomic mass is 16.5. The van der Waals surface area contributed by atoms with E-state index < -0.39 is 0 Å². The fourth-order valence-corrected chi connectivity index (χ4v) is 1.43. The van der Waals surface area contributed by atoms with Crippen LogP contribution in [0.1, 0.15) is 6.92 Å². The van der Waals surface area contributed by atoms with Crippen molar-refractivity contribution >= 4 is 0 Å². The zero-order chi connectivity index (χ0) is 8.97. The monoisotopic (exact) mass is 175 g/mol. The van der Waals surface area contributed by atoms with Crippen LogP contribution < -0.4 is 0 Å². The predicted molar refractivity (Wildman–Crippen MR) is 44.9 cm³/mol. The Labute approximate surface area is 72.7 Å². The Morgan fingerprint density at radius 3 is 3.00 bits per heavy atom. The number of aliphatic hydroxyl groups is 2. The molecule has 1 aliphatic heterocycles. The van der Waals surface area contributed by atoms with Gasteiger partial charge in [-0.2, -0.15) is 0 Å². The molecule has 0 aromatic heterocycles. The minimum absolute atomic E-state index is 0.0658. The summed E-state index contributed by atoms with van der Waals surface area (Å²) >= 11 is 0. The van der Waals surface area contributed by atoms with E-state index in [0.29, 0.717) is 13.2 Å². The summed E-state index contributed by atoms with van der Waals surface area (Å²) in [6.07, 6.45) is -0.375. The van der Waals surface area contributed by atoms with Gasteiger partial charge in [-0.15, -0.1) is 0 Å². The van der Waals surface area contributed by atoms with Crippen molar-refractivity contribution in [2.75, 3.05) is 32.8 Å². The quantitative estimate of drug-likeness (QED) is 0.581. The molecule has 72 valence electrons. The third kappa shape index (κ3) is 3.06. The molecular formula is C8H17NO3. The van der Waals surface area contributed by atoms with E-state index in [1.165, 1.54) is 0 Å². The van der Waals surface area contributed by atoms with Crippen molar-refractivity contribution < 1.29 is 14.9 Å². The summed E-state index contributed by atoms with van der Waals surface area (Å²) in [5.41, 5.74) is 0. The van der Waals surface area contributed by atoms with E-state index in [4.69, 9.17) is 14.9 Å². The first kappa shape index (κ1) is 9.92. The van der Waals surface area contributed by atoms with Crippen molar-refractivity contribution in [2.45, 2.75) is 19.1 Å². The normalized spacial score (nSPS) is 28.8. The number of ether oxygens (including phenoxy) is 1. The van der Waals surface area contributed by atoms with Crippen LogP contribution in [0.15, 0.2) is 0 Å². The Bertz CT molecular complexity index is 129. The average Bonchev–Trinajstić information content (AvgIpc) is 2.03. The zero-order valence-corrected chi connectivity index (χ0v) is 7.44. The first-order valence-corrected chi connectivity index (χ1v) is 4.35. The molecule has 0 saturated carbocycles. The van der Waals surface area contributed by atoms with Crippen molar-refractivity contribution in [3.8, 4) is 0 Å². The van der Waals surface area contributed by atoms with Gasteiger partial charge in [-0.05, 0) is 6.92 Å². The molecule has 1 aliphatic rings. The van der Waals surface area contributed by atoms with Gasteiger partial charge >= 0.3 is 0 Å². The Morgan fingerprint density at radius 2 is 2.42 bits per heavy atom. The fourth-order valence-electron chi connectivity index (χ4n) is 1.43. The van der Waals surface area contributed by atoms with Crippen LogP contribution in [0.2, 0.25) is 0 Å². The first-order chi connectivity index (χ1) is 5.72.